The Hall–Kier alpha value is -2.46. The van der Waals surface area contributed by atoms with Gasteiger partial charge in [-0.15, -0.1) is 0 Å². The Bertz CT molecular complexity index is 747. The number of halogens is 1. The lowest BCUT2D eigenvalue weighted by atomic mass is 10.1. The van der Waals surface area contributed by atoms with Crippen molar-refractivity contribution in [2.75, 3.05) is 31.2 Å². The van der Waals surface area contributed by atoms with Gasteiger partial charge in [0.1, 0.15) is 5.82 Å². The predicted molar refractivity (Wildman–Crippen MR) is 94.0 cm³/mol. The van der Waals surface area contributed by atoms with E-state index >= 15 is 0 Å². The molecular formula is C20H20FNO2. The van der Waals surface area contributed by atoms with E-state index in [9.17, 15) is 9.18 Å². The molecule has 0 atom stereocenters. The molecule has 1 saturated heterocycles. The van der Waals surface area contributed by atoms with Crippen LogP contribution in [0.4, 0.5) is 10.1 Å². The van der Waals surface area contributed by atoms with Crippen molar-refractivity contribution in [3.8, 4) is 0 Å². The van der Waals surface area contributed by atoms with E-state index in [0.717, 1.165) is 5.56 Å². The lowest BCUT2D eigenvalue weighted by Crippen LogP contribution is -2.36. The highest BCUT2D eigenvalue weighted by molar-refractivity contribution is 6.07. The molecule has 2 aromatic carbocycles. The molecule has 0 aromatic heterocycles. The van der Waals surface area contributed by atoms with Crippen molar-refractivity contribution in [1.29, 1.82) is 0 Å². The number of morpholine rings is 1. The average Bonchev–Trinajstić information content (AvgIpc) is 2.61. The van der Waals surface area contributed by atoms with Crippen LogP contribution in [0, 0.1) is 12.7 Å². The zero-order valence-corrected chi connectivity index (χ0v) is 13.7. The summed E-state index contributed by atoms with van der Waals surface area (Å²) in [4.78, 5) is 14.2. The molecule has 0 spiro atoms. The molecule has 0 saturated carbocycles. The summed E-state index contributed by atoms with van der Waals surface area (Å²) >= 11 is 0. The second kappa shape index (κ2) is 7.41. The molecule has 0 radical (unpaired) electrons. The van der Waals surface area contributed by atoms with Gasteiger partial charge in [0.2, 0.25) is 0 Å². The number of anilines is 1. The standard InChI is InChI=1S/C20H20FNO2/c1-15-2-4-16(5-3-15)6-9-20(23)17-7-8-19(18(21)14-17)22-10-12-24-13-11-22/h2-9,14H,10-13H2,1H3/b9-6+. The van der Waals surface area contributed by atoms with Crippen LogP contribution in [0.15, 0.2) is 48.5 Å². The number of ketones is 1. The Morgan fingerprint density at radius 1 is 1.12 bits per heavy atom. The highest BCUT2D eigenvalue weighted by Crippen LogP contribution is 2.22. The summed E-state index contributed by atoms with van der Waals surface area (Å²) in [7, 11) is 0. The summed E-state index contributed by atoms with van der Waals surface area (Å²) in [5.74, 6) is -0.575. The minimum Gasteiger partial charge on any atom is -0.378 e. The Morgan fingerprint density at radius 3 is 2.50 bits per heavy atom. The van der Waals surface area contributed by atoms with Gasteiger partial charge in [-0.25, -0.2) is 4.39 Å². The van der Waals surface area contributed by atoms with Gasteiger partial charge in [-0.3, -0.25) is 4.79 Å². The van der Waals surface area contributed by atoms with Crippen LogP contribution >= 0.6 is 0 Å². The molecule has 2 aromatic rings. The smallest absolute Gasteiger partial charge is 0.185 e. The summed E-state index contributed by atoms with van der Waals surface area (Å²) in [6.45, 7) is 4.53. The molecule has 3 rings (SSSR count). The van der Waals surface area contributed by atoms with E-state index in [0.29, 0.717) is 37.6 Å². The molecule has 0 amide bonds. The summed E-state index contributed by atoms with van der Waals surface area (Å²) in [5.41, 5.74) is 2.99. The van der Waals surface area contributed by atoms with Crippen LogP contribution < -0.4 is 4.90 Å². The lowest BCUT2D eigenvalue weighted by molar-refractivity contribution is 0.104. The topological polar surface area (TPSA) is 29.5 Å². The van der Waals surface area contributed by atoms with Gasteiger partial charge in [-0.2, -0.15) is 0 Å². The van der Waals surface area contributed by atoms with Crippen molar-refractivity contribution in [3.05, 3.63) is 71.0 Å². The molecule has 24 heavy (non-hydrogen) atoms. The summed E-state index contributed by atoms with van der Waals surface area (Å²) in [6.07, 6.45) is 3.23. The minimum atomic E-state index is -0.369. The quantitative estimate of drug-likeness (QED) is 0.631. The molecule has 1 aliphatic heterocycles. The van der Waals surface area contributed by atoms with E-state index in [4.69, 9.17) is 4.74 Å². The third kappa shape index (κ3) is 3.89. The molecule has 1 heterocycles. The molecule has 1 fully saturated rings. The number of rotatable bonds is 4. The van der Waals surface area contributed by atoms with Crippen LogP contribution in [0.1, 0.15) is 21.5 Å². The lowest BCUT2D eigenvalue weighted by Gasteiger charge is -2.29. The van der Waals surface area contributed by atoms with E-state index in [-0.39, 0.29) is 11.6 Å². The number of carbonyl (C=O) groups is 1. The first-order valence-electron chi connectivity index (χ1n) is 8.05. The largest absolute Gasteiger partial charge is 0.378 e. The number of allylic oxidation sites excluding steroid dienone is 1. The first kappa shape index (κ1) is 16.4. The van der Waals surface area contributed by atoms with E-state index in [1.165, 1.54) is 17.7 Å². The number of carbonyl (C=O) groups excluding carboxylic acids is 1. The van der Waals surface area contributed by atoms with E-state index < -0.39 is 0 Å². The third-order valence-corrected chi connectivity index (χ3v) is 4.09. The van der Waals surface area contributed by atoms with Crippen LogP contribution in [-0.2, 0) is 4.74 Å². The number of benzene rings is 2. The first-order chi connectivity index (χ1) is 11.6. The summed E-state index contributed by atoms with van der Waals surface area (Å²) < 4.78 is 19.6. The highest BCUT2D eigenvalue weighted by Gasteiger charge is 2.16. The van der Waals surface area contributed by atoms with Crippen LogP contribution in [0.2, 0.25) is 0 Å². The van der Waals surface area contributed by atoms with Gasteiger partial charge >= 0.3 is 0 Å². The summed E-state index contributed by atoms with van der Waals surface area (Å²) in [5, 5.41) is 0. The number of hydrogen-bond acceptors (Lipinski definition) is 3. The van der Waals surface area contributed by atoms with E-state index in [1.54, 1.807) is 18.2 Å². The number of aryl methyl sites for hydroxylation is 1. The van der Waals surface area contributed by atoms with Crippen LogP contribution in [0.5, 0.6) is 0 Å². The maximum atomic E-state index is 14.3. The third-order valence-electron chi connectivity index (χ3n) is 4.09. The van der Waals surface area contributed by atoms with Crippen molar-refractivity contribution < 1.29 is 13.9 Å². The normalized spacial score (nSPS) is 15.0. The number of hydrogen-bond donors (Lipinski definition) is 0. The van der Waals surface area contributed by atoms with E-state index in [1.807, 2.05) is 36.1 Å². The Kier molecular flexibility index (Phi) is 5.06. The van der Waals surface area contributed by atoms with Crippen LogP contribution in [0.25, 0.3) is 6.08 Å². The van der Waals surface area contributed by atoms with Crippen molar-refractivity contribution in [1.82, 2.24) is 0 Å². The van der Waals surface area contributed by atoms with Gasteiger partial charge in [0, 0.05) is 18.7 Å². The van der Waals surface area contributed by atoms with Crippen molar-refractivity contribution >= 4 is 17.5 Å². The molecule has 3 nitrogen and oxygen atoms in total. The minimum absolute atomic E-state index is 0.206. The van der Waals surface area contributed by atoms with Crippen molar-refractivity contribution in [3.63, 3.8) is 0 Å². The monoisotopic (exact) mass is 325 g/mol. The van der Waals surface area contributed by atoms with Gasteiger partial charge < -0.3 is 9.64 Å². The van der Waals surface area contributed by atoms with Gasteiger partial charge in [-0.05, 0) is 36.8 Å². The maximum absolute atomic E-state index is 14.3. The second-order valence-corrected chi connectivity index (χ2v) is 5.87. The maximum Gasteiger partial charge on any atom is 0.185 e. The Morgan fingerprint density at radius 2 is 1.83 bits per heavy atom. The molecule has 0 unspecified atom stereocenters. The Labute approximate surface area is 141 Å². The summed E-state index contributed by atoms with van der Waals surface area (Å²) in [6, 6.07) is 12.5. The van der Waals surface area contributed by atoms with Gasteiger partial charge in [-0.1, -0.05) is 35.9 Å². The second-order valence-electron chi connectivity index (χ2n) is 5.87. The molecule has 4 heteroatoms. The number of nitrogens with zero attached hydrogens (tertiary/aromatic N) is 1. The zero-order chi connectivity index (χ0) is 16.9. The molecular weight excluding hydrogens is 305 g/mol. The SMILES string of the molecule is Cc1ccc(/C=C/C(=O)c2ccc(N3CCOCC3)c(F)c2)cc1. The molecule has 0 aliphatic carbocycles. The average molecular weight is 325 g/mol. The first-order valence-corrected chi connectivity index (χ1v) is 8.05. The fourth-order valence-electron chi connectivity index (χ4n) is 2.67. The predicted octanol–water partition coefficient (Wildman–Crippen LogP) is 3.87. The highest BCUT2D eigenvalue weighted by atomic mass is 19.1. The van der Waals surface area contributed by atoms with Crippen molar-refractivity contribution in [2.45, 2.75) is 6.92 Å². The molecule has 124 valence electrons. The molecule has 1 aliphatic rings. The zero-order valence-electron chi connectivity index (χ0n) is 13.7. The fourth-order valence-corrected chi connectivity index (χ4v) is 2.67. The van der Waals surface area contributed by atoms with Gasteiger partial charge in [0.25, 0.3) is 0 Å². The fraction of sp³-hybridized carbons (Fsp3) is 0.250. The Balaban J connectivity index is 1.73. The van der Waals surface area contributed by atoms with Crippen LogP contribution in [-0.4, -0.2) is 32.1 Å². The van der Waals surface area contributed by atoms with Gasteiger partial charge in [0.05, 0.1) is 18.9 Å². The van der Waals surface area contributed by atoms with Gasteiger partial charge in [0.15, 0.2) is 5.78 Å². The van der Waals surface area contributed by atoms with E-state index in [2.05, 4.69) is 0 Å². The van der Waals surface area contributed by atoms with Crippen molar-refractivity contribution in [2.24, 2.45) is 0 Å². The molecule has 0 bridgehead atoms. The molecule has 0 N–H and O–H groups in total. The number of ether oxygens (including phenoxy) is 1. The van der Waals surface area contributed by atoms with Crippen LogP contribution in [0.3, 0.4) is 0 Å².